The van der Waals surface area contributed by atoms with E-state index in [1.807, 2.05) is 60.3 Å². The predicted octanol–water partition coefficient (Wildman–Crippen LogP) is 1.51. The van der Waals surface area contributed by atoms with Crippen LogP contribution in [0, 0.1) is 6.92 Å². The van der Waals surface area contributed by atoms with Gasteiger partial charge in [0.15, 0.2) is 0 Å². The molecule has 0 aliphatic heterocycles. The van der Waals surface area contributed by atoms with Gasteiger partial charge in [-0.3, -0.25) is 14.7 Å². The van der Waals surface area contributed by atoms with E-state index >= 15 is 0 Å². The number of para-hydroxylation sites is 1. The number of H-pyrrole nitrogens is 1. The third kappa shape index (κ3) is 3.60. The molecule has 0 spiro atoms. The number of nitrogens with one attached hydrogen (secondary N) is 2. The maximum Gasteiger partial charge on any atom is 0.280 e. The highest BCUT2D eigenvalue weighted by atomic mass is 16.2. The molecule has 0 saturated carbocycles. The number of hydrazone groups is 1. The Morgan fingerprint density at radius 2 is 2.00 bits per heavy atom. The summed E-state index contributed by atoms with van der Waals surface area (Å²) in [6.07, 6.45) is 3.47. The molecule has 0 fully saturated rings. The van der Waals surface area contributed by atoms with Crippen LogP contribution in [0.15, 0.2) is 58.6 Å². The smallest absolute Gasteiger partial charge is 0.280 e. The summed E-state index contributed by atoms with van der Waals surface area (Å²) in [7, 11) is 1.88. The van der Waals surface area contributed by atoms with Gasteiger partial charge in [0.05, 0.1) is 23.9 Å². The molecule has 2 aromatic heterocycles. The second kappa shape index (κ2) is 7.04. The summed E-state index contributed by atoms with van der Waals surface area (Å²) in [5.41, 5.74) is 4.94. The highest BCUT2D eigenvalue weighted by Gasteiger charge is 2.10. The maximum absolute atomic E-state index is 12.5. The molecule has 7 heteroatoms. The molecule has 3 aromatic rings. The number of rotatable bonds is 5. The number of carbonyl (C=O) groups excluding carboxylic acids is 1. The number of hydrogen-bond donors (Lipinski definition) is 2. The van der Waals surface area contributed by atoms with Crippen molar-refractivity contribution >= 4 is 12.1 Å². The zero-order chi connectivity index (χ0) is 17.8. The Morgan fingerprint density at radius 1 is 1.24 bits per heavy atom. The lowest BCUT2D eigenvalue weighted by Crippen LogP contribution is -2.22. The van der Waals surface area contributed by atoms with E-state index in [1.165, 1.54) is 10.9 Å². The lowest BCUT2D eigenvalue weighted by atomic mass is 10.3. The molecular formula is C18H19N5O2. The van der Waals surface area contributed by atoms with Crippen LogP contribution in [0.5, 0.6) is 0 Å². The van der Waals surface area contributed by atoms with Gasteiger partial charge in [-0.25, -0.2) is 10.1 Å². The van der Waals surface area contributed by atoms with Crippen molar-refractivity contribution < 1.29 is 4.79 Å². The van der Waals surface area contributed by atoms with E-state index in [0.717, 1.165) is 11.4 Å². The topological polar surface area (TPSA) is 84.2 Å². The zero-order valence-electron chi connectivity index (χ0n) is 14.1. The highest BCUT2D eigenvalue weighted by Crippen LogP contribution is 2.05. The molecule has 0 unspecified atom stereocenters. The molecule has 0 atom stereocenters. The monoisotopic (exact) mass is 337 g/mol. The number of aromatic nitrogens is 3. The van der Waals surface area contributed by atoms with Gasteiger partial charge in [-0.05, 0) is 31.2 Å². The molecule has 0 bridgehead atoms. The molecule has 0 aliphatic rings. The van der Waals surface area contributed by atoms with Gasteiger partial charge < -0.3 is 4.57 Å². The van der Waals surface area contributed by atoms with Crippen LogP contribution >= 0.6 is 0 Å². The fourth-order valence-electron chi connectivity index (χ4n) is 2.52. The molecule has 2 N–H and O–H groups in total. The molecule has 7 nitrogen and oxygen atoms in total. The Balaban J connectivity index is 1.72. The molecule has 0 radical (unpaired) electrons. The summed E-state index contributed by atoms with van der Waals surface area (Å²) in [4.78, 5) is 24.4. The predicted molar refractivity (Wildman–Crippen MR) is 96.0 cm³/mol. The molecule has 0 saturated heterocycles. The second-order valence-electron chi connectivity index (χ2n) is 5.71. The summed E-state index contributed by atoms with van der Waals surface area (Å²) >= 11 is 0. The van der Waals surface area contributed by atoms with E-state index in [-0.39, 0.29) is 17.9 Å². The standard InChI is InChI=1S/C18H19N5O2/c1-13-16(18(25)23(21-13)14-7-4-3-5-8-14)12-19-20-17(24)11-15-9-6-10-22(15)2/h3-10,12,21H,11H2,1-2H3,(H,20,24). The van der Waals surface area contributed by atoms with Crippen LogP contribution in [0.3, 0.4) is 0 Å². The van der Waals surface area contributed by atoms with Gasteiger partial charge in [-0.2, -0.15) is 5.10 Å². The van der Waals surface area contributed by atoms with E-state index in [9.17, 15) is 9.59 Å². The third-order valence-electron chi connectivity index (χ3n) is 3.91. The van der Waals surface area contributed by atoms with Crippen LogP contribution in [-0.4, -0.2) is 26.5 Å². The number of nitrogens with zero attached hydrogens (tertiary/aromatic N) is 3. The van der Waals surface area contributed by atoms with Gasteiger partial charge >= 0.3 is 0 Å². The largest absolute Gasteiger partial charge is 0.354 e. The average molecular weight is 337 g/mol. The van der Waals surface area contributed by atoms with Crippen molar-refractivity contribution in [2.45, 2.75) is 13.3 Å². The number of amides is 1. The van der Waals surface area contributed by atoms with Crippen molar-refractivity contribution in [3.8, 4) is 5.69 Å². The summed E-state index contributed by atoms with van der Waals surface area (Å²) in [5.74, 6) is -0.241. The summed E-state index contributed by atoms with van der Waals surface area (Å²) in [5, 5.41) is 6.92. The fraction of sp³-hybridized carbons (Fsp3) is 0.167. The lowest BCUT2D eigenvalue weighted by Gasteiger charge is -2.01. The Labute approximate surface area is 144 Å². The maximum atomic E-state index is 12.5. The number of aryl methyl sites for hydroxylation is 2. The Hall–Kier alpha value is -3.35. The van der Waals surface area contributed by atoms with E-state index in [0.29, 0.717) is 11.3 Å². The summed E-state index contributed by atoms with van der Waals surface area (Å²) < 4.78 is 3.32. The van der Waals surface area contributed by atoms with E-state index in [1.54, 1.807) is 6.92 Å². The lowest BCUT2D eigenvalue weighted by molar-refractivity contribution is -0.120. The number of hydrogen-bond acceptors (Lipinski definition) is 3. The van der Waals surface area contributed by atoms with Crippen molar-refractivity contribution in [1.29, 1.82) is 0 Å². The van der Waals surface area contributed by atoms with Gasteiger partial charge in [-0.15, -0.1) is 0 Å². The van der Waals surface area contributed by atoms with Crippen LogP contribution in [0.25, 0.3) is 5.69 Å². The van der Waals surface area contributed by atoms with Crippen LogP contribution in [0.2, 0.25) is 0 Å². The molecule has 2 heterocycles. The van der Waals surface area contributed by atoms with Crippen LogP contribution in [-0.2, 0) is 18.3 Å². The van der Waals surface area contributed by atoms with Crippen molar-refractivity contribution in [1.82, 2.24) is 19.8 Å². The SMILES string of the molecule is Cc1[nH]n(-c2ccccc2)c(=O)c1C=NNC(=O)Cc1cccn1C. The minimum absolute atomic E-state index is 0.218. The minimum atomic E-state index is -0.241. The quantitative estimate of drug-likeness (QED) is 0.546. The first kappa shape index (κ1) is 16.5. The number of carbonyl (C=O) groups is 1. The van der Waals surface area contributed by atoms with Gasteiger partial charge in [0.1, 0.15) is 0 Å². The Morgan fingerprint density at radius 3 is 2.68 bits per heavy atom. The first-order chi connectivity index (χ1) is 12.1. The van der Waals surface area contributed by atoms with E-state index < -0.39 is 0 Å². The highest BCUT2D eigenvalue weighted by molar-refractivity contribution is 5.83. The Bertz CT molecular complexity index is 963. The number of benzene rings is 1. The first-order valence-corrected chi connectivity index (χ1v) is 7.85. The number of aromatic amines is 1. The fourth-order valence-corrected chi connectivity index (χ4v) is 2.52. The van der Waals surface area contributed by atoms with Gasteiger partial charge in [-0.1, -0.05) is 18.2 Å². The van der Waals surface area contributed by atoms with Gasteiger partial charge in [0, 0.05) is 24.6 Å². The molecule has 1 amide bonds. The van der Waals surface area contributed by atoms with Crippen molar-refractivity contribution in [3.63, 3.8) is 0 Å². The third-order valence-corrected chi connectivity index (χ3v) is 3.91. The molecule has 0 aliphatic carbocycles. The summed E-state index contributed by atoms with van der Waals surface area (Å²) in [6, 6.07) is 13.0. The molecule has 25 heavy (non-hydrogen) atoms. The van der Waals surface area contributed by atoms with Gasteiger partial charge in [0.2, 0.25) is 5.91 Å². The van der Waals surface area contributed by atoms with Crippen molar-refractivity contribution in [2.24, 2.45) is 12.1 Å². The Kier molecular flexibility index (Phi) is 4.65. The normalized spacial score (nSPS) is 11.1. The van der Waals surface area contributed by atoms with Crippen molar-refractivity contribution in [3.05, 3.63) is 76.0 Å². The van der Waals surface area contributed by atoms with E-state index in [2.05, 4.69) is 15.6 Å². The zero-order valence-corrected chi connectivity index (χ0v) is 14.1. The minimum Gasteiger partial charge on any atom is -0.354 e. The first-order valence-electron chi connectivity index (χ1n) is 7.85. The molecule has 1 aromatic carbocycles. The van der Waals surface area contributed by atoms with Crippen LogP contribution in [0.1, 0.15) is 17.0 Å². The molecule has 3 rings (SSSR count). The molecule has 128 valence electrons. The van der Waals surface area contributed by atoms with Crippen LogP contribution in [0.4, 0.5) is 0 Å². The average Bonchev–Trinajstić information content (AvgIpc) is 3.13. The van der Waals surface area contributed by atoms with Crippen LogP contribution < -0.4 is 11.0 Å². The van der Waals surface area contributed by atoms with Gasteiger partial charge in [0.25, 0.3) is 5.56 Å². The van der Waals surface area contributed by atoms with E-state index in [4.69, 9.17) is 0 Å². The summed E-state index contributed by atoms with van der Waals surface area (Å²) in [6.45, 7) is 1.79. The second-order valence-corrected chi connectivity index (χ2v) is 5.71. The molecular weight excluding hydrogens is 318 g/mol. The van der Waals surface area contributed by atoms with Crippen molar-refractivity contribution in [2.75, 3.05) is 0 Å².